The molecule has 21 heavy (non-hydrogen) atoms. The number of rotatable bonds is 6. The Morgan fingerprint density at radius 3 is 2.81 bits per heavy atom. The summed E-state index contributed by atoms with van der Waals surface area (Å²) in [6, 6.07) is 1.62. The molecule has 8 heteroatoms. The zero-order valence-electron chi connectivity index (χ0n) is 11.5. The van der Waals surface area contributed by atoms with Crippen LogP contribution in [0.3, 0.4) is 0 Å². The number of amides is 1. The second-order valence-electron chi connectivity index (χ2n) is 4.41. The predicted octanol–water partition coefficient (Wildman–Crippen LogP) is 2.11. The molecule has 2 heterocycles. The van der Waals surface area contributed by atoms with Gasteiger partial charge in [0, 0.05) is 19.5 Å². The first-order valence-corrected chi connectivity index (χ1v) is 7.80. The molecule has 0 saturated carbocycles. The second kappa shape index (κ2) is 6.68. The van der Waals surface area contributed by atoms with Crippen molar-refractivity contribution in [3.05, 3.63) is 32.4 Å². The molecule has 1 N–H and O–H groups in total. The van der Waals surface area contributed by atoms with Gasteiger partial charge in [0.1, 0.15) is 17.4 Å². The molecule has 0 aromatic carbocycles. The number of aromatic carboxylic acids is 1. The number of nitrogens with zero attached hydrogens (tertiary/aromatic N) is 2. The average molecular weight is 326 g/mol. The number of hydrogen-bond donors (Lipinski definition) is 1. The molecule has 2 aromatic rings. The van der Waals surface area contributed by atoms with Gasteiger partial charge in [0.15, 0.2) is 4.88 Å². The molecule has 0 saturated heterocycles. The fourth-order valence-electron chi connectivity index (χ4n) is 1.50. The summed E-state index contributed by atoms with van der Waals surface area (Å²) >= 11 is 2.51. The molecule has 0 fully saturated rings. The van der Waals surface area contributed by atoms with Crippen LogP contribution in [0.5, 0.6) is 5.75 Å². The summed E-state index contributed by atoms with van der Waals surface area (Å²) < 4.78 is 5.47. The Morgan fingerprint density at radius 2 is 2.14 bits per heavy atom. The van der Waals surface area contributed by atoms with Gasteiger partial charge in [-0.1, -0.05) is 0 Å². The van der Waals surface area contributed by atoms with Crippen LogP contribution in [-0.2, 0) is 17.8 Å². The molecule has 0 radical (unpaired) electrons. The summed E-state index contributed by atoms with van der Waals surface area (Å²) in [5.41, 5.74) is 0.684. The first-order valence-electron chi connectivity index (χ1n) is 6.04. The summed E-state index contributed by atoms with van der Waals surface area (Å²) in [6.45, 7) is 0.184. The van der Waals surface area contributed by atoms with E-state index in [1.165, 1.54) is 16.2 Å². The van der Waals surface area contributed by atoms with Crippen LogP contribution in [0.4, 0.5) is 0 Å². The number of carboxylic acids is 1. The van der Waals surface area contributed by atoms with Gasteiger partial charge in [-0.25, -0.2) is 9.78 Å². The Hall–Kier alpha value is -1.93. The van der Waals surface area contributed by atoms with Gasteiger partial charge in [-0.2, -0.15) is 0 Å². The quantitative estimate of drug-likeness (QED) is 0.879. The third kappa shape index (κ3) is 4.02. The van der Waals surface area contributed by atoms with E-state index in [2.05, 4.69) is 4.98 Å². The largest absolute Gasteiger partial charge is 0.485 e. The molecule has 0 bridgehead atoms. The van der Waals surface area contributed by atoms with Gasteiger partial charge in [0.05, 0.1) is 12.1 Å². The first kappa shape index (κ1) is 15.5. The lowest BCUT2D eigenvalue weighted by Gasteiger charge is -2.07. The van der Waals surface area contributed by atoms with Crippen molar-refractivity contribution < 1.29 is 19.4 Å². The molecule has 0 aliphatic carbocycles. The highest BCUT2D eigenvalue weighted by Crippen LogP contribution is 2.25. The summed E-state index contributed by atoms with van der Waals surface area (Å²) in [6.07, 6.45) is 0.260. The molecular formula is C13H14N2O4S2. The minimum Gasteiger partial charge on any atom is -0.485 e. The topological polar surface area (TPSA) is 79.7 Å². The third-order valence-electron chi connectivity index (χ3n) is 2.60. The molecule has 6 nitrogen and oxygen atoms in total. The second-order valence-corrected chi connectivity index (χ2v) is 6.26. The third-order valence-corrected chi connectivity index (χ3v) is 4.38. The molecule has 2 aromatic heterocycles. The van der Waals surface area contributed by atoms with Crippen LogP contribution in [0, 0.1) is 0 Å². The van der Waals surface area contributed by atoms with Gasteiger partial charge < -0.3 is 14.7 Å². The van der Waals surface area contributed by atoms with Crippen LogP contribution in [0.15, 0.2) is 16.8 Å². The van der Waals surface area contributed by atoms with E-state index in [0.717, 1.165) is 16.3 Å². The molecule has 112 valence electrons. The van der Waals surface area contributed by atoms with E-state index in [-0.39, 0.29) is 23.8 Å². The van der Waals surface area contributed by atoms with Crippen LogP contribution in [0.25, 0.3) is 0 Å². The minimum absolute atomic E-state index is 0.0113. The van der Waals surface area contributed by atoms with E-state index in [1.807, 2.05) is 5.38 Å². The summed E-state index contributed by atoms with van der Waals surface area (Å²) in [5, 5.41) is 13.2. The Kier molecular flexibility index (Phi) is 4.92. The Balaban J connectivity index is 1.95. The number of thiophene rings is 1. The Morgan fingerprint density at radius 1 is 1.38 bits per heavy atom. The zero-order chi connectivity index (χ0) is 15.4. The maximum Gasteiger partial charge on any atom is 0.349 e. The van der Waals surface area contributed by atoms with Gasteiger partial charge in [-0.05, 0) is 11.4 Å². The van der Waals surface area contributed by atoms with E-state index < -0.39 is 5.97 Å². The fraction of sp³-hybridized carbons (Fsp3) is 0.308. The van der Waals surface area contributed by atoms with Crippen molar-refractivity contribution in [1.29, 1.82) is 0 Å². The van der Waals surface area contributed by atoms with Crippen LogP contribution in [0.2, 0.25) is 0 Å². The number of hydrogen-bond acceptors (Lipinski definition) is 6. The standard InChI is InChI=1S/C13H14N2O4S2/c1-15(2)11(16)5-10-14-8(7-21-10)6-19-9-3-4-20-12(9)13(17)18/h3-4,7H,5-6H2,1-2H3,(H,17,18). The molecule has 0 aliphatic rings. The van der Waals surface area contributed by atoms with Crippen molar-refractivity contribution >= 4 is 34.6 Å². The highest BCUT2D eigenvalue weighted by Gasteiger charge is 2.14. The van der Waals surface area contributed by atoms with Crippen molar-refractivity contribution in [1.82, 2.24) is 9.88 Å². The average Bonchev–Trinajstić information content (AvgIpc) is 3.04. The van der Waals surface area contributed by atoms with Crippen LogP contribution >= 0.6 is 22.7 Å². The number of carbonyl (C=O) groups excluding carboxylic acids is 1. The van der Waals surface area contributed by atoms with E-state index in [9.17, 15) is 9.59 Å². The number of carbonyl (C=O) groups is 2. The normalized spacial score (nSPS) is 10.4. The van der Waals surface area contributed by atoms with Gasteiger partial charge in [0.2, 0.25) is 5.91 Å². The minimum atomic E-state index is -1.00. The molecule has 1 amide bonds. The van der Waals surface area contributed by atoms with Crippen molar-refractivity contribution in [2.24, 2.45) is 0 Å². The number of carboxylic acid groups (broad SMARTS) is 1. The lowest BCUT2D eigenvalue weighted by Crippen LogP contribution is -2.23. The highest BCUT2D eigenvalue weighted by molar-refractivity contribution is 7.12. The van der Waals surface area contributed by atoms with Crippen molar-refractivity contribution in [2.75, 3.05) is 14.1 Å². The number of thiazole rings is 1. The van der Waals surface area contributed by atoms with Crippen molar-refractivity contribution in [3.63, 3.8) is 0 Å². The van der Waals surface area contributed by atoms with Gasteiger partial charge in [0.25, 0.3) is 0 Å². The smallest absolute Gasteiger partial charge is 0.349 e. The van der Waals surface area contributed by atoms with Gasteiger partial charge in [-0.3, -0.25) is 4.79 Å². The Labute approximate surface area is 129 Å². The SMILES string of the molecule is CN(C)C(=O)Cc1nc(COc2ccsc2C(=O)O)cs1. The molecule has 2 rings (SSSR count). The number of aromatic nitrogens is 1. The van der Waals surface area contributed by atoms with Crippen LogP contribution in [-0.4, -0.2) is 41.0 Å². The zero-order valence-corrected chi connectivity index (χ0v) is 13.2. The molecular weight excluding hydrogens is 312 g/mol. The molecule has 0 aliphatic heterocycles. The van der Waals surface area contributed by atoms with E-state index in [1.54, 1.807) is 25.5 Å². The predicted molar refractivity (Wildman–Crippen MR) is 80.1 cm³/mol. The monoisotopic (exact) mass is 326 g/mol. The van der Waals surface area contributed by atoms with Crippen molar-refractivity contribution in [2.45, 2.75) is 13.0 Å². The molecule has 0 unspecified atom stereocenters. The number of likely N-dealkylation sites (N-methyl/N-ethyl adjacent to an activating group) is 1. The van der Waals surface area contributed by atoms with Crippen LogP contribution < -0.4 is 4.74 Å². The summed E-state index contributed by atoms with van der Waals surface area (Å²) in [5.74, 6) is -0.676. The van der Waals surface area contributed by atoms with E-state index in [0.29, 0.717) is 11.4 Å². The van der Waals surface area contributed by atoms with E-state index in [4.69, 9.17) is 9.84 Å². The van der Waals surface area contributed by atoms with Gasteiger partial charge in [-0.15, -0.1) is 22.7 Å². The van der Waals surface area contributed by atoms with Crippen molar-refractivity contribution in [3.8, 4) is 5.75 Å². The van der Waals surface area contributed by atoms with E-state index >= 15 is 0 Å². The molecule has 0 atom stereocenters. The maximum absolute atomic E-state index is 11.6. The summed E-state index contributed by atoms with van der Waals surface area (Å²) in [7, 11) is 3.40. The lowest BCUT2D eigenvalue weighted by atomic mass is 10.4. The molecule has 0 spiro atoms. The summed E-state index contributed by atoms with van der Waals surface area (Å²) in [4.78, 5) is 28.5. The Bertz CT molecular complexity index is 648. The maximum atomic E-state index is 11.6. The fourth-order valence-corrected chi connectivity index (χ4v) is 2.94. The van der Waals surface area contributed by atoms with Crippen LogP contribution in [0.1, 0.15) is 20.4 Å². The first-order chi connectivity index (χ1) is 9.97. The number of ether oxygens (including phenoxy) is 1. The van der Waals surface area contributed by atoms with Gasteiger partial charge >= 0.3 is 5.97 Å². The highest BCUT2D eigenvalue weighted by atomic mass is 32.1. The lowest BCUT2D eigenvalue weighted by molar-refractivity contribution is -0.127.